The lowest BCUT2D eigenvalue weighted by atomic mass is 9.96. The topological polar surface area (TPSA) is 125 Å². The SMILES string of the molecule is CC(C)(C)OC(=O)NCCC(=O)N1CCC(CNC(=O)CN2C(=O)c3ccccc3C2=O)CC1. The van der Waals surface area contributed by atoms with Crippen LogP contribution in [0.15, 0.2) is 24.3 Å². The molecule has 1 fully saturated rings. The summed E-state index contributed by atoms with van der Waals surface area (Å²) in [5.74, 6) is -1.13. The van der Waals surface area contributed by atoms with Crippen LogP contribution in [0.1, 0.15) is 60.7 Å². The fraction of sp³-hybridized carbons (Fsp3) is 0.542. The zero-order chi connectivity index (χ0) is 24.9. The molecule has 2 aliphatic rings. The molecule has 10 heteroatoms. The standard InChI is InChI=1S/C24H32N4O6/c1-24(2,3)34-23(33)25-11-8-20(30)27-12-9-16(10-13-27)14-26-19(29)15-28-21(31)17-6-4-5-7-18(17)22(28)32/h4-7,16H,8-15H2,1-3H3,(H,25,33)(H,26,29). The van der Waals surface area contributed by atoms with Crippen molar-refractivity contribution >= 4 is 29.7 Å². The van der Waals surface area contributed by atoms with Crippen molar-refractivity contribution in [3.63, 3.8) is 0 Å². The molecule has 2 N–H and O–H groups in total. The van der Waals surface area contributed by atoms with Crippen molar-refractivity contribution in [2.24, 2.45) is 5.92 Å². The van der Waals surface area contributed by atoms with Gasteiger partial charge in [0.05, 0.1) is 11.1 Å². The second-order valence-corrected chi connectivity index (χ2v) is 9.55. The molecule has 34 heavy (non-hydrogen) atoms. The third kappa shape index (κ3) is 6.55. The van der Waals surface area contributed by atoms with E-state index in [2.05, 4.69) is 10.6 Å². The first-order valence-corrected chi connectivity index (χ1v) is 11.5. The highest BCUT2D eigenvalue weighted by molar-refractivity contribution is 6.22. The number of ether oxygens (including phenoxy) is 1. The van der Waals surface area contributed by atoms with Gasteiger partial charge >= 0.3 is 6.09 Å². The van der Waals surface area contributed by atoms with Crippen molar-refractivity contribution < 1.29 is 28.7 Å². The van der Waals surface area contributed by atoms with Gasteiger partial charge in [-0.15, -0.1) is 0 Å². The van der Waals surface area contributed by atoms with Gasteiger partial charge in [-0.3, -0.25) is 24.1 Å². The van der Waals surface area contributed by atoms with E-state index in [0.717, 1.165) is 17.7 Å². The Morgan fingerprint density at radius 1 is 1.00 bits per heavy atom. The number of alkyl carbamates (subject to hydrolysis) is 1. The highest BCUT2D eigenvalue weighted by atomic mass is 16.6. The van der Waals surface area contributed by atoms with Crippen LogP contribution in [0, 0.1) is 5.92 Å². The number of benzene rings is 1. The molecule has 1 aromatic rings. The molecule has 2 aliphatic heterocycles. The summed E-state index contributed by atoms with van der Waals surface area (Å²) in [6.45, 7) is 6.78. The largest absolute Gasteiger partial charge is 0.444 e. The van der Waals surface area contributed by atoms with Gasteiger partial charge in [0.1, 0.15) is 12.1 Å². The monoisotopic (exact) mass is 472 g/mol. The first kappa shape index (κ1) is 25.2. The summed E-state index contributed by atoms with van der Waals surface area (Å²) in [7, 11) is 0. The number of fused-ring (bicyclic) bond motifs is 1. The first-order valence-electron chi connectivity index (χ1n) is 11.5. The Morgan fingerprint density at radius 2 is 1.59 bits per heavy atom. The Morgan fingerprint density at radius 3 is 2.15 bits per heavy atom. The molecular formula is C24H32N4O6. The number of rotatable bonds is 7. The predicted molar refractivity (Wildman–Crippen MR) is 123 cm³/mol. The summed E-state index contributed by atoms with van der Waals surface area (Å²) < 4.78 is 5.15. The Labute approximate surface area is 199 Å². The molecule has 0 aromatic heterocycles. The zero-order valence-electron chi connectivity index (χ0n) is 19.9. The minimum absolute atomic E-state index is 0.0378. The molecular weight excluding hydrogens is 440 g/mol. The lowest BCUT2D eigenvalue weighted by molar-refractivity contribution is -0.132. The van der Waals surface area contributed by atoms with E-state index in [9.17, 15) is 24.0 Å². The van der Waals surface area contributed by atoms with E-state index >= 15 is 0 Å². The third-order valence-electron chi connectivity index (χ3n) is 5.74. The molecule has 0 atom stereocenters. The third-order valence-corrected chi connectivity index (χ3v) is 5.74. The van der Waals surface area contributed by atoms with Crippen LogP contribution in [-0.4, -0.2) is 77.8 Å². The normalized spacial score (nSPS) is 16.3. The summed E-state index contributed by atoms with van der Waals surface area (Å²) in [6.07, 6.45) is 1.12. The van der Waals surface area contributed by atoms with Gasteiger partial charge in [-0.2, -0.15) is 0 Å². The molecule has 3 rings (SSSR count). The van der Waals surface area contributed by atoms with E-state index in [4.69, 9.17) is 4.74 Å². The summed E-state index contributed by atoms with van der Waals surface area (Å²) in [5, 5.41) is 5.39. The van der Waals surface area contributed by atoms with Crippen LogP contribution in [0.3, 0.4) is 0 Å². The van der Waals surface area contributed by atoms with Gasteiger partial charge in [0.15, 0.2) is 0 Å². The minimum Gasteiger partial charge on any atom is -0.444 e. The van der Waals surface area contributed by atoms with E-state index in [0.29, 0.717) is 30.8 Å². The van der Waals surface area contributed by atoms with E-state index in [1.165, 1.54) is 0 Å². The van der Waals surface area contributed by atoms with Crippen LogP contribution in [0.5, 0.6) is 0 Å². The highest BCUT2D eigenvalue weighted by Crippen LogP contribution is 2.22. The van der Waals surface area contributed by atoms with Crippen molar-refractivity contribution in [2.75, 3.05) is 32.7 Å². The number of hydrogen-bond donors (Lipinski definition) is 2. The lowest BCUT2D eigenvalue weighted by Gasteiger charge is -2.32. The van der Waals surface area contributed by atoms with Crippen LogP contribution >= 0.6 is 0 Å². The molecule has 2 heterocycles. The number of amides is 5. The van der Waals surface area contributed by atoms with Crippen LogP contribution in [0.2, 0.25) is 0 Å². The van der Waals surface area contributed by atoms with Gasteiger partial charge in [-0.1, -0.05) is 12.1 Å². The number of hydrogen-bond acceptors (Lipinski definition) is 6. The van der Waals surface area contributed by atoms with Gasteiger partial charge in [-0.05, 0) is 51.7 Å². The van der Waals surface area contributed by atoms with E-state index < -0.39 is 23.5 Å². The van der Waals surface area contributed by atoms with Gasteiger partial charge < -0.3 is 20.3 Å². The van der Waals surface area contributed by atoms with E-state index in [1.54, 1.807) is 49.9 Å². The Bertz CT molecular complexity index is 927. The summed E-state index contributed by atoms with van der Waals surface area (Å²) in [5.41, 5.74) is 0.0490. The fourth-order valence-corrected chi connectivity index (χ4v) is 3.97. The number of likely N-dealkylation sites (tertiary alicyclic amines) is 1. The number of carbonyl (C=O) groups excluding carboxylic acids is 5. The molecule has 184 valence electrons. The number of imide groups is 1. The summed E-state index contributed by atoms with van der Waals surface area (Å²) in [6, 6.07) is 6.52. The average molecular weight is 473 g/mol. The molecule has 0 bridgehead atoms. The van der Waals surface area contributed by atoms with E-state index in [1.807, 2.05) is 0 Å². The van der Waals surface area contributed by atoms with Crippen LogP contribution in [0.4, 0.5) is 4.79 Å². The average Bonchev–Trinajstić information content (AvgIpc) is 3.02. The molecule has 0 spiro atoms. The molecule has 5 amide bonds. The number of piperidine rings is 1. The number of nitrogens with one attached hydrogen (secondary N) is 2. The smallest absolute Gasteiger partial charge is 0.407 e. The molecule has 0 saturated carbocycles. The fourth-order valence-electron chi connectivity index (χ4n) is 3.97. The summed E-state index contributed by atoms with van der Waals surface area (Å²) >= 11 is 0. The maximum Gasteiger partial charge on any atom is 0.407 e. The van der Waals surface area contributed by atoms with E-state index in [-0.39, 0.29) is 37.2 Å². The molecule has 0 aliphatic carbocycles. The van der Waals surface area contributed by atoms with Gasteiger partial charge in [0.25, 0.3) is 11.8 Å². The molecule has 10 nitrogen and oxygen atoms in total. The van der Waals surface area contributed by atoms with Crippen molar-refractivity contribution in [3.8, 4) is 0 Å². The van der Waals surface area contributed by atoms with Crippen LogP contribution in [-0.2, 0) is 14.3 Å². The van der Waals surface area contributed by atoms with Crippen LogP contribution < -0.4 is 10.6 Å². The molecule has 0 unspecified atom stereocenters. The van der Waals surface area contributed by atoms with Crippen molar-refractivity contribution in [2.45, 2.75) is 45.6 Å². The van der Waals surface area contributed by atoms with Gasteiger partial charge in [0.2, 0.25) is 11.8 Å². The van der Waals surface area contributed by atoms with Crippen molar-refractivity contribution in [3.05, 3.63) is 35.4 Å². The molecule has 0 radical (unpaired) electrons. The Hall–Kier alpha value is -3.43. The molecule has 1 saturated heterocycles. The maximum atomic E-state index is 12.4. The second-order valence-electron chi connectivity index (χ2n) is 9.55. The van der Waals surface area contributed by atoms with Gasteiger partial charge in [-0.25, -0.2) is 4.79 Å². The maximum absolute atomic E-state index is 12.4. The minimum atomic E-state index is -0.587. The highest BCUT2D eigenvalue weighted by Gasteiger charge is 2.36. The lowest BCUT2D eigenvalue weighted by Crippen LogP contribution is -2.45. The van der Waals surface area contributed by atoms with Crippen molar-refractivity contribution in [1.29, 1.82) is 0 Å². The van der Waals surface area contributed by atoms with Crippen molar-refractivity contribution in [1.82, 2.24) is 20.4 Å². The summed E-state index contributed by atoms with van der Waals surface area (Å²) in [4.78, 5) is 63.9. The Kier molecular flexibility index (Phi) is 7.90. The first-order chi connectivity index (χ1) is 16.0. The quantitative estimate of drug-likeness (QED) is 0.580. The number of nitrogens with zero attached hydrogens (tertiary/aromatic N) is 2. The molecule has 1 aromatic carbocycles. The van der Waals surface area contributed by atoms with Crippen LogP contribution in [0.25, 0.3) is 0 Å². The Balaban J connectivity index is 1.34. The second kappa shape index (κ2) is 10.7. The number of carbonyl (C=O) groups is 5. The zero-order valence-corrected chi connectivity index (χ0v) is 19.9. The van der Waals surface area contributed by atoms with Gasteiger partial charge in [0, 0.05) is 32.6 Å². The predicted octanol–water partition coefficient (Wildman–Crippen LogP) is 1.55.